The molecule has 0 saturated carbocycles. The molecule has 0 bridgehead atoms. The fourth-order valence-electron chi connectivity index (χ4n) is 2.28. The maximum atomic E-state index is 12.5. The summed E-state index contributed by atoms with van der Waals surface area (Å²) >= 11 is 0. The molecule has 1 heterocycles. The number of para-hydroxylation sites is 1. The standard InChI is InChI=1S/C13H18N2O4S/c1-13(2,3)14-20(18,19)15-10-7-5-4-6-9(10)8-11(15)12(16)17/h4-7,11,14H,8H2,1-3H3,(H,16,17)/t11-/m0/s1. The number of fused-ring (bicyclic) bond motifs is 1. The smallest absolute Gasteiger partial charge is 0.327 e. The van der Waals surface area contributed by atoms with Gasteiger partial charge in [0.05, 0.1) is 5.69 Å². The maximum Gasteiger partial charge on any atom is 0.327 e. The van der Waals surface area contributed by atoms with Crippen molar-refractivity contribution in [3.05, 3.63) is 29.8 Å². The average molecular weight is 298 g/mol. The Hall–Kier alpha value is -1.60. The van der Waals surface area contributed by atoms with Gasteiger partial charge in [0.1, 0.15) is 6.04 Å². The van der Waals surface area contributed by atoms with Gasteiger partial charge in [0, 0.05) is 12.0 Å². The molecule has 7 heteroatoms. The predicted molar refractivity (Wildman–Crippen MR) is 75.9 cm³/mol. The molecule has 1 atom stereocenters. The van der Waals surface area contributed by atoms with Crippen molar-refractivity contribution in [1.29, 1.82) is 0 Å². The van der Waals surface area contributed by atoms with Crippen LogP contribution >= 0.6 is 0 Å². The van der Waals surface area contributed by atoms with Gasteiger partial charge in [0.15, 0.2) is 0 Å². The van der Waals surface area contributed by atoms with Crippen molar-refractivity contribution in [2.24, 2.45) is 0 Å². The summed E-state index contributed by atoms with van der Waals surface area (Å²) < 4.78 is 28.4. The molecule has 0 aliphatic carbocycles. The molecule has 0 spiro atoms. The normalized spacial score (nSPS) is 18.9. The molecule has 0 aromatic heterocycles. The van der Waals surface area contributed by atoms with E-state index < -0.39 is 27.8 Å². The number of anilines is 1. The number of carboxylic acids is 1. The zero-order valence-corrected chi connectivity index (χ0v) is 12.4. The van der Waals surface area contributed by atoms with Crippen molar-refractivity contribution in [2.75, 3.05) is 4.31 Å². The molecule has 2 N–H and O–H groups in total. The average Bonchev–Trinajstić information content (AvgIpc) is 2.65. The van der Waals surface area contributed by atoms with Crippen molar-refractivity contribution in [2.45, 2.75) is 38.8 Å². The summed E-state index contributed by atoms with van der Waals surface area (Å²) in [4.78, 5) is 11.4. The van der Waals surface area contributed by atoms with Gasteiger partial charge in [-0.25, -0.2) is 9.10 Å². The minimum atomic E-state index is -3.92. The van der Waals surface area contributed by atoms with Gasteiger partial charge in [-0.15, -0.1) is 0 Å². The molecule has 1 aromatic rings. The highest BCUT2D eigenvalue weighted by Crippen LogP contribution is 2.34. The van der Waals surface area contributed by atoms with Crippen molar-refractivity contribution in [1.82, 2.24) is 4.72 Å². The summed E-state index contributed by atoms with van der Waals surface area (Å²) in [6.45, 7) is 5.13. The SMILES string of the molecule is CC(C)(C)NS(=O)(=O)N1c2ccccc2C[C@H]1C(=O)O. The molecule has 0 fully saturated rings. The number of benzene rings is 1. The monoisotopic (exact) mass is 298 g/mol. The quantitative estimate of drug-likeness (QED) is 0.876. The van der Waals surface area contributed by atoms with Crippen LogP contribution < -0.4 is 9.03 Å². The third-order valence-corrected chi connectivity index (χ3v) is 4.74. The highest BCUT2D eigenvalue weighted by molar-refractivity contribution is 7.91. The summed E-state index contributed by atoms with van der Waals surface area (Å²) in [5.41, 5.74) is 0.468. The number of carbonyl (C=O) groups is 1. The second-order valence-electron chi connectivity index (χ2n) is 5.84. The third-order valence-electron chi connectivity index (χ3n) is 2.90. The summed E-state index contributed by atoms with van der Waals surface area (Å²) in [5, 5.41) is 9.28. The molecule has 0 radical (unpaired) electrons. The molecular weight excluding hydrogens is 280 g/mol. The van der Waals surface area contributed by atoms with Crippen LogP contribution in [0.2, 0.25) is 0 Å². The Labute approximate surface area is 118 Å². The molecule has 1 aliphatic heterocycles. The first-order valence-electron chi connectivity index (χ1n) is 6.26. The molecule has 110 valence electrons. The summed E-state index contributed by atoms with van der Waals surface area (Å²) in [7, 11) is -3.92. The minimum Gasteiger partial charge on any atom is -0.480 e. The molecule has 0 saturated heterocycles. The Morgan fingerprint density at radius 3 is 2.50 bits per heavy atom. The van der Waals surface area contributed by atoms with E-state index in [0.29, 0.717) is 5.69 Å². The Morgan fingerprint density at radius 2 is 1.95 bits per heavy atom. The van der Waals surface area contributed by atoms with Crippen LogP contribution in [0.3, 0.4) is 0 Å². The molecule has 20 heavy (non-hydrogen) atoms. The maximum absolute atomic E-state index is 12.5. The van der Waals surface area contributed by atoms with Crippen molar-refractivity contribution < 1.29 is 18.3 Å². The van der Waals surface area contributed by atoms with Crippen LogP contribution in [-0.4, -0.2) is 31.1 Å². The van der Waals surface area contributed by atoms with Crippen molar-refractivity contribution >= 4 is 21.9 Å². The van der Waals surface area contributed by atoms with Gasteiger partial charge in [-0.2, -0.15) is 13.1 Å². The minimum absolute atomic E-state index is 0.177. The third kappa shape index (κ3) is 2.78. The van der Waals surface area contributed by atoms with E-state index in [1.54, 1.807) is 45.0 Å². The van der Waals surface area contributed by atoms with E-state index >= 15 is 0 Å². The lowest BCUT2D eigenvalue weighted by Crippen LogP contribution is -2.53. The van der Waals surface area contributed by atoms with Gasteiger partial charge in [-0.05, 0) is 32.4 Å². The number of hydrogen-bond donors (Lipinski definition) is 2. The van der Waals surface area contributed by atoms with Gasteiger partial charge >= 0.3 is 16.2 Å². The van der Waals surface area contributed by atoms with Gasteiger partial charge in [0.25, 0.3) is 0 Å². The fourth-order valence-corrected chi connectivity index (χ4v) is 4.09. The highest BCUT2D eigenvalue weighted by atomic mass is 32.2. The van der Waals surface area contributed by atoms with Crippen molar-refractivity contribution in [3.63, 3.8) is 0 Å². The Bertz CT molecular complexity index is 634. The van der Waals surface area contributed by atoms with Crippen LogP contribution in [0.5, 0.6) is 0 Å². The van der Waals surface area contributed by atoms with Crippen LogP contribution in [0.1, 0.15) is 26.3 Å². The van der Waals surface area contributed by atoms with E-state index in [1.165, 1.54) is 0 Å². The zero-order valence-electron chi connectivity index (χ0n) is 11.6. The first kappa shape index (κ1) is 14.8. The predicted octanol–water partition coefficient (Wildman–Crippen LogP) is 1.14. The topological polar surface area (TPSA) is 86.7 Å². The molecule has 0 unspecified atom stereocenters. The van der Waals surface area contributed by atoms with E-state index in [4.69, 9.17) is 0 Å². The van der Waals surface area contributed by atoms with Crippen LogP contribution in [0.15, 0.2) is 24.3 Å². The first-order chi connectivity index (χ1) is 9.12. The summed E-state index contributed by atoms with van der Waals surface area (Å²) in [5.74, 6) is -1.15. The lowest BCUT2D eigenvalue weighted by molar-refractivity contribution is -0.138. The Kier molecular flexibility index (Phi) is 3.51. The lowest BCUT2D eigenvalue weighted by atomic mass is 10.1. The van der Waals surface area contributed by atoms with E-state index in [9.17, 15) is 18.3 Å². The number of aliphatic carboxylic acids is 1. The number of rotatable bonds is 3. The van der Waals surface area contributed by atoms with E-state index in [0.717, 1.165) is 9.87 Å². The second kappa shape index (κ2) is 4.75. The summed E-state index contributed by atoms with van der Waals surface area (Å²) in [6, 6.07) is 5.73. The fraction of sp³-hybridized carbons (Fsp3) is 0.462. The Balaban J connectivity index is 2.49. The molecule has 1 aliphatic rings. The second-order valence-corrected chi connectivity index (χ2v) is 7.39. The van der Waals surface area contributed by atoms with E-state index in [-0.39, 0.29) is 6.42 Å². The molecule has 0 amide bonds. The van der Waals surface area contributed by atoms with Gasteiger partial charge in [-0.1, -0.05) is 18.2 Å². The van der Waals surface area contributed by atoms with Crippen LogP contribution in [0.25, 0.3) is 0 Å². The summed E-state index contributed by atoms with van der Waals surface area (Å²) in [6.07, 6.45) is 0.177. The number of carboxylic acid groups (broad SMARTS) is 1. The lowest BCUT2D eigenvalue weighted by Gasteiger charge is -2.29. The zero-order chi connectivity index (χ0) is 15.1. The highest BCUT2D eigenvalue weighted by Gasteiger charge is 2.42. The largest absolute Gasteiger partial charge is 0.480 e. The van der Waals surface area contributed by atoms with Crippen LogP contribution in [0.4, 0.5) is 5.69 Å². The first-order valence-corrected chi connectivity index (χ1v) is 7.70. The van der Waals surface area contributed by atoms with Crippen LogP contribution in [-0.2, 0) is 21.4 Å². The van der Waals surface area contributed by atoms with Gasteiger partial charge < -0.3 is 5.11 Å². The van der Waals surface area contributed by atoms with Crippen LogP contribution in [0, 0.1) is 0 Å². The molecular formula is C13H18N2O4S. The molecule has 2 rings (SSSR count). The van der Waals surface area contributed by atoms with E-state index in [1.807, 2.05) is 0 Å². The number of hydrogen-bond acceptors (Lipinski definition) is 3. The van der Waals surface area contributed by atoms with Crippen molar-refractivity contribution in [3.8, 4) is 0 Å². The van der Waals surface area contributed by atoms with Gasteiger partial charge in [0.2, 0.25) is 0 Å². The molecule has 6 nitrogen and oxygen atoms in total. The molecule has 1 aromatic carbocycles. The Morgan fingerprint density at radius 1 is 1.35 bits per heavy atom. The van der Waals surface area contributed by atoms with Gasteiger partial charge in [-0.3, -0.25) is 0 Å². The number of nitrogens with one attached hydrogen (secondary N) is 1. The number of nitrogens with zero attached hydrogens (tertiary/aromatic N) is 1. The van der Waals surface area contributed by atoms with E-state index in [2.05, 4.69) is 4.72 Å².